The second-order valence-corrected chi connectivity index (χ2v) is 5.89. The molecule has 1 spiro atoms. The molecule has 1 saturated carbocycles. The highest BCUT2D eigenvalue weighted by atomic mass is 19.1. The highest BCUT2D eigenvalue weighted by Crippen LogP contribution is 2.41. The van der Waals surface area contributed by atoms with Gasteiger partial charge in [0.25, 0.3) is 0 Å². The molecule has 1 atom stereocenters. The van der Waals surface area contributed by atoms with Crippen molar-refractivity contribution >= 4 is 0 Å². The van der Waals surface area contributed by atoms with E-state index >= 15 is 0 Å². The van der Waals surface area contributed by atoms with Crippen LogP contribution < -0.4 is 10.5 Å². The third-order valence-corrected chi connectivity index (χ3v) is 4.54. The molecule has 0 bridgehead atoms. The van der Waals surface area contributed by atoms with E-state index in [1.807, 2.05) is 6.07 Å². The van der Waals surface area contributed by atoms with E-state index < -0.39 is 0 Å². The normalized spacial score (nSPS) is 25.0. The summed E-state index contributed by atoms with van der Waals surface area (Å²) < 4.78 is 25.8. The summed E-state index contributed by atoms with van der Waals surface area (Å²) in [6.07, 6.45) is 6.60. The molecule has 2 N–H and O–H groups in total. The van der Waals surface area contributed by atoms with Gasteiger partial charge in [-0.05, 0) is 25.0 Å². The molecule has 1 aromatic rings. The zero-order chi connectivity index (χ0) is 14.0. The van der Waals surface area contributed by atoms with Gasteiger partial charge in [-0.3, -0.25) is 0 Å². The Morgan fingerprint density at radius 3 is 2.90 bits per heavy atom. The van der Waals surface area contributed by atoms with Crippen LogP contribution in [0.5, 0.6) is 5.75 Å². The van der Waals surface area contributed by atoms with E-state index in [4.69, 9.17) is 15.2 Å². The highest BCUT2D eigenvalue weighted by molar-refractivity contribution is 5.34. The predicted molar refractivity (Wildman–Crippen MR) is 75.1 cm³/mol. The van der Waals surface area contributed by atoms with E-state index in [1.165, 1.54) is 18.9 Å². The Balaban J connectivity index is 1.73. The summed E-state index contributed by atoms with van der Waals surface area (Å²) in [7, 11) is 0. The van der Waals surface area contributed by atoms with E-state index in [0.29, 0.717) is 11.3 Å². The van der Waals surface area contributed by atoms with Gasteiger partial charge in [-0.15, -0.1) is 0 Å². The fourth-order valence-electron chi connectivity index (χ4n) is 3.48. The summed E-state index contributed by atoms with van der Waals surface area (Å²) in [4.78, 5) is 0. The molecule has 1 unspecified atom stereocenters. The standard InChI is InChI=1S/C16H22FNO2/c17-14-4-3-5-15(13(14)11-18)20-12-6-9-19-16(10-12)7-1-2-8-16/h3-5,12H,1-2,6-11,18H2. The molecule has 3 nitrogen and oxygen atoms in total. The van der Waals surface area contributed by atoms with Crippen molar-refractivity contribution in [1.82, 2.24) is 0 Å². The van der Waals surface area contributed by atoms with Gasteiger partial charge < -0.3 is 15.2 Å². The molecule has 2 aliphatic rings. The molecule has 4 heteroatoms. The van der Waals surface area contributed by atoms with Crippen LogP contribution in [0.1, 0.15) is 44.1 Å². The van der Waals surface area contributed by atoms with Crippen LogP contribution >= 0.6 is 0 Å². The lowest BCUT2D eigenvalue weighted by Crippen LogP contribution is -2.41. The van der Waals surface area contributed by atoms with Crippen molar-refractivity contribution in [3.8, 4) is 5.75 Å². The van der Waals surface area contributed by atoms with E-state index in [-0.39, 0.29) is 24.1 Å². The molecule has 1 saturated heterocycles. The monoisotopic (exact) mass is 279 g/mol. The number of ether oxygens (including phenoxy) is 2. The third-order valence-electron chi connectivity index (χ3n) is 4.54. The van der Waals surface area contributed by atoms with Crippen LogP contribution in [0, 0.1) is 5.82 Å². The summed E-state index contributed by atoms with van der Waals surface area (Å²) in [5, 5.41) is 0. The van der Waals surface area contributed by atoms with Crippen LogP contribution in [0.15, 0.2) is 18.2 Å². The Morgan fingerprint density at radius 2 is 2.15 bits per heavy atom. The first-order valence-corrected chi connectivity index (χ1v) is 7.50. The van der Waals surface area contributed by atoms with Crippen LogP contribution in [0.4, 0.5) is 4.39 Å². The maximum atomic E-state index is 13.7. The van der Waals surface area contributed by atoms with Crippen molar-refractivity contribution in [3.05, 3.63) is 29.6 Å². The van der Waals surface area contributed by atoms with E-state index in [2.05, 4.69) is 0 Å². The largest absolute Gasteiger partial charge is 0.490 e. The number of nitrogens with two attached hydrogens (primary N) is 1. The lowest BCUT2D eigenvalue weighted by molar-refractivity contribution is -0.108. The van der Waals surface area contributed by atoms with Gasteiger partial charge in [0.05, 0.1) is 12.2 Å². The molecule has 1 aliphatic carbocycles. The Kier molecular flexibility index (Phi) is 3.94. The van der Waals surface area contributed by atoms with Crippen LogP contribution in [-0.4, -0.2) is 18.3 Å². The predicted octanol–water partition coefficient (Wildman–Crippen LogP) is 3.16. The summed E-state index contributed by atoms with van der Waals surface area (Å²) >= 11 is 0. The Labute approximate surface area is 119 Å². The molecule has 0 aromatic heterocycles. The number of hydrogen-bond donors (Lipinski definition) is 1. The fraction of sp³-hybridized carbons (Fsp3) is 0.625. The second kappa shape index (κ2) is 5.70. The number of halogens is 1. The molecule has 20 heavy (non-hydrogen) atoms. The Morgan fingerprint density at radius 1 is 1.35 bits per heavy atom. The quantitative estimate of drug-likeness (QED) is 0.924. The first-order chi connectivity index (χ1) is 9.72. The molecule has 1 heterocycles. The van der Waals surface area contributed by atoms with Gasteiger partial charge in [-0.1, -0.05) is 18.9 Å². The zero-order valence-electron chi connectivity index (χ0n) is 11.7. The Hall–Kier alpha value is -1.13. The average Bonchev–Trinajstić information content (AvgIpc) is 2.87. The maximum absolute atomic E-state index is 13.7. The van der Waals surface area contributed by atoms with E-state index in [9.17, 15) is 4.39 Å². The van der Waals surface area contributed by atoms with Crippen molar-refractivity contribution in [2.45, 2.75) is 56.8 Å². The molecule has 0 amide bonds. The van der Waals surface area contributed by atoms with Crippen molar-refractivity contribution in [3.63, 3.8) is 0 Å². The van der Waals surface area contributed by atoms with Crippen molar-refractivity contribution in [1.29, 1.82) is 0 Å². The summed E-state index contributed by atoms with van der Waals surface area (Å²) in [5.41, 5.74) is 6.11. The molecule has 3 rings (SSSR count). The number of hydrogen-bond acceptors (Lipinski definition) is 3. The van der Waals surface area contributed by atoms with Crippen LogP contribution in [0.2, 0.25) is 0 Å². The molecule has 1 aromatic carbocycles. The van der Waals surface area contributed by atoms with Gasteiger partial charge in [-0.25, -0.2) is 4.39 Å². The molecule has 1 aliphatic heterocycles. The van der Waals surface area contributed by atoms with Crippen LogP contribution in [0.3, 0.4) is 0 Å². The van der Waals surface area contributed by atoms with Crippen LogP contribution in [0.25, 0.3) is 0 Å². The maximum Gasteiger partial charge on any atom is 0.131 e. The first kappa shape index (κ1) is 13.8. The summed E-state index contributed by atoms with van der Waals surface area (Å²) in [6, 6.07) is 4.91. The minimum Gasteiger partial charge on any atom is -0.490 e. The fourth-order valence-corrected chi connectivity index (χ4v) is 3.48. The average molecular weight is 279 g/mol. The SMILES string of the molecule is NCc1c(F)cccc1OC1CCOC2(CCCC2)C1. The van der Waals surface area contributed by atoms with Crippen molar-refractivity contribution in [2.24, 2.45) is 5.73 Å². The molecule has 2 fully saturated rings. The van der Waals surface area contributed by atoms with Crippen molar-refractivity contribution < 1.29 is 13.9 Å². The first-order valence-electron chi connectivity index (χ1n) is 7.50. The second-order valence-electron chi connectivity index (χ2n) is 5.89. The van der Waals surface area contributed by atoms with Crippen LogP contribution in [-0.2, 0) is 11.3 Å². The minimum absolute atomic E-state index is 0.0130. The van der Waals surface area contributed by atoms with Gasteiger partial charge in [0.2, 0.25) is 0 Å². The van der Waals surface area contributed by atoms with E-state index in [1.54, 1.807) is 6.07 Å². The molecule has 110 valence electrons. The van der Waals surface area contributed by atoms with Crippen molar-refractivity contribution in [2.75, 3.05) is 6.61 Å². The van der Waals surface area contributed by atoms with Gasteiger partial charge >= 0.3 is 0 Å². The zero-order valence-corrected chi connectivity index (χ0v) is 11.7. The van der Waals surface area contributed by atoms with Gasteiger partial charge in [-0.2, -0.15) is 0 Å². The number of benzene rings is 1. The van der Waals surface area contributed by atoms with E-state index in [0.717, 1.165) is 32.3 Å². The topological polar surface area (TPSA) is 44.5 Å². The Bertz CT molecular complexity index is 472. The lowest BCUT2D eigenvalue weighted by atomic mass is 9.90. The third kappa shape index (κ3) is 2.67. The molecular weight excluding hydrogens is 257 g/mol. The summed E-state index contributed by atoms with van der Waals surface area (Å²) in [6.45, 7) is 0.897. The van der Waals surface area contributed by atoms with Gasteiger partial charge in [0, 0.05) is 24.9 Å². The van der Waals surface area contributed by atoms with Gasteiger partial charge in [0.15, 0.2) is 0 Å². The molecular formula is C16H22FNO2. The highest BCUT2D eigenvalue weighted by Gasteiger charge is 2.40. The summed E-state index contributed by atoms with van der Waals surface area (Å²) in [5.74, 6) is 0.306. The minimum atomic E-state index is -0.285. The smallest absolute Gasteiger partial charge is 0.131 e. The van der Waals surface area contributed by atoms with Gasteiger partial charge in [0.1, 0.15) is 17.7 Å². The lowest BCUT2D eigenvalue weighted by Gasteiger charge is -2.38. The number of rotatable bonds is 3. The molecule has 0 radical (unpaired) electrons.